The molecule has 38 heavy (non-hydrogen) atoms. The molecule has 0 N–H and O–H groups in total. The number of hydrogen-bond donors (Lipinski definition) is 0. The van der Waals surface area contributed by atoms with Crippen LogP contribution in [0.5, 0.6) is 5.75 Å². The maximum absolute atomic E-state index is 13.0. The molecular formula is C34H54NO3+. The molecule has 0 amide bonds. The van der Waals surface area contributed by atoms with Gasteiger partial charge in [0.15, 0.2) is 6.04 Å². The van der Waals surface area contributed by atoms with Gasteiger partial charge in [0.25, 0.3) is 0 Å². The summed E-state index contributed by atoms with van der Waals surface area (Å²) in [6.45, 7) is 7.57. The monoisotopic (exact) mass is 524 g/mol. The van der Waals surface area contributed by atoms with Gasteiger partial charge in [0.2, 0.25) is 0 Å². The highest BCUT2D eigenvalue weighted by Gasteiger charge is 2.35. The summed E-state index contributed by atoms with van der Waals surface area (Å²) >= 11 is 0. The molecule has 0 aliphatic rings. The number of benzene rings is 2. The summed E-state index contributed by atoms with van der Waals surface area (Å²) < 4.78 is 12.6. The Labute approximate surface area is 233 Å². The Bertz CT molecular complexity index is 896. The normalized spacial score (nSPS) is 13.2. The lowest BCUT2D eigenvalue weighted by Crippen LogP contribution is -2.52. The lowest BCUT2D eigenvalue weighted by atomic mass is 10.0. The van der Waals surface area contributed by atoms with Crippen LogP contribution in [0.2, 0.25) is 0 Å². The number of para-hydroxylation sites is 1. The molecule has 2 aromatic carbocycles. The van der Waals surface area contributed by atoms with Crippen LogP contribution in [0.4, 0.5) is 0 Å². The number of nitrogens with zero attached hydrogens (tertiary/aromatic N) is 1. The van der Waals surface area contributed by atoms with Crippen molar-refractivity contribution in [2.24, 2.45) is 0 Å². The highest BCUT2D eigenvalue weighted by atomic mass is 16.5. The quantitative estimate of drug-likeness (QED) is 0.0989. The SMILES string of the molecule is CCCCCCCCCCCc1ccccc1OC(C)CCOC(=O)C(CC)[N+](C)(C)Cc1ccccc1. The number of unbranched alkanes of at least 4 members (excludes halogenated alkanes) is 8. The van der Waals surface area contributed by atoms with Gasteiger partial charge in [-0.05, 0) is 31.4 Å². The number of carbonyl (C=O) groups excluding carboxylic acids is 1. The Balaban J connectivity index is 1.73. The number of aryl methyl sites for hydroxylation is 1. The fraction of sp³-hybridized carbons (Fsp3) is 0.618. The van der Waals surface area contributed by atoms with Crippen molar-refractivity contribution in [3.05, 3.63) is 65.7 Å². The molecule has 4 nitrogen and oxygen atoms in total. The molecule has 2 atom stereocenters. The van der Waals surface area contributed by atoms with Crippen LogP contribution in [0.15, 0.2) is 54.6 Å². The van der Waals surface area contributed by atoms with E-state index in [2.05, 4.69) is 65.2 Å². The molecule has 0 aliphatic heterocycles. The first-order valence-electron chi connectivity index (χ1n) is 15.1. The van der Waals surface area contributed by atoms with E-state index in [0.717, 1.165) is 25.1 Å². The van der Waals surface area contributed by atoms with Crippen LogP contribution >= 0.6 is 0 Å². The predicted molar refractivity (Wildman–Crippen MR) is 159 cm³/mol. The summed E-state index contributed by atoms with van der Waals surface area (Å²) in [5.41, 5.74) is 2.51. The van der Waals surface area contributed by atoms with Crippen molar-refractivity contribution in [2.45, 2.75) is 117 Å². The third-order valence-corrected chi connectivity index (χ3v) is 7.55. The summed E-state index contributed by atoms with van der Waals surface area (Å²) in [4.78, 5) is 13.0. The highest BCUT2D eigenvalue weighted by Crippen LogP contribution is 2.23. The van der Waals surface area contributed by atoms with Gasteiger partial charge in [-0.2, -0.15) is 0 Å². The molecule has 2 aromatic rings. The fourth-order valence-corrected chi connectivity index (χ4v) is 5.26. The zero-order chi connectivity index (χ0) is 27.6. The van der Waals surface area contributed by atoms with E-state index in [1.54, 1.807) is 0 Å². The molecule has 212 valence electrons. The molecule has 2 unspecified atom stereocenters. The number of ether oxygens (including phenoxy) is 2. The zero-order valence-electron chi connectivity index (χ0n) is 24.9. The van der Waals surface area contributed by atoms with Crippen LogP contribution in [-0.4, -0.2) is 43.3 Å². The lowest BCUT2D eigenvalue weighted by Gasteiger charge is -2.36. The first kappa shape index (κ1) is 31.9. The zero-order valence-corrected chi connectivity index (χ0v) is 24.9. The van der Waals surface area contributed by atoms with Crippen molar-refractivity contribution in [2.75, 3.05) is 20.7 Å². The summed E-state index contributed by atoms with van der Waals surface area (Å²) in [5.74, 6) is 0.851. The third-order valence-electron chi connectivity index (χ3n) is 7.55. The standard InChI is InChI=1S/C34H54NO3/c1-6-8-9-10-11-12-13-14-18-23-31-24-19-20-25-33(31)38-29(3)26-27-37-34(36)32(7-2)35(4,5)28-30-21-16-15-17-22-30/h15-17,19-22,24-25,29,32H,6-14,18,23,26-28H2,1-5H3/q+1. The van der Waals surface area contributed by atoms with Crippen LogP contribution in [0.25, 0.3) is 0 Å². The Morgan fingerprint density at radius 1 is 0.816 bits per heavy atom. The average molecular weight is 525 g/mol. The van der Waals surface area contributed by atoms with Crippen LogP contribution in [-0.2, 0) is 22.5 Å². The highest BCUT2D eigenvalue weighted by molar-refractivity contribution is 5.74. The first-order valence-corrected chi connectivity index (χ1v) is 15.1. The van der Waals surface area contributed by atoms with Gasteiger partial charge >= 0.3 is 5.97 Å². The van der Waals surface area contributed by atoms with E-state index in [1.165, 1.54) is 68.9 Å². The van der Waals surface area contributed by atoms with Crippen molar-refractivity contribution in [3.8, 4) is 5.75 Å². The van der Waals surface area contributed by atoms with E-state index in [1.807, 2.05) is 24.3 Å². The topological polar surface area (TPSA) is 35.5 Å². The van der Waals surface area contributed by atoms with E-state index in [4.69, 9.17) is 9.47 Å². The molecule has 0 saturated carbocycles. The van der Waals surface area contributed by atoms with Crippen LogP contribution in [0, 0.1) is 0 Å². The van der Waals surface area contributed by atoms with Gasteiger partial charge < -0.3 is 14.0 Å². The first-order chi connectivity index (χ1) is 18.4. The van der Waals surface area contributed by atoms with Crippen LogP contribution in [0.3, 0.4) is 0 Å². The summed E-state index contributed by atoms with van der Waals surface area (Å²) in [7, 11) is 4.22. The fourth-order valence-electron chi connectivity index (χ4n) is 5.26. The second-order valence-electron chi connectivity index (χ2n) is 11.4. The molecule has 4 heteroatoms. The van der Waals surface area contributed by atoms with Crippen LogP contribution < -0.4 is 4.74 Å². The molecule has 0 heterocycles. The molecule has 0 aliphatic carbocycles. The largest absolute Gasteiger partial charge is 0.490 e. The van der Waals surface area contributed by atoms with E-state index < -0.39 is 0 Å². The van der Waals surface area contributed by atoms with Gasteiger partial charge in [0.05, 0.1) is 26.8 Å². The minimum atomic E-state index is -0.191. The second-order valence-corrected chi connectivity index (χ2v) is 11.4. The number of quaternary nitrogens is 1. The molecule has 0 saturated heterocycles. The van der Waals surface area contributed by atoms with Crippen molar-refractivity contribution < 1.29 is 18.8 Å². The maximum Gasteiger partial charge on any atom is 0.364 e. The molecule has 2 rings (SSSR count). The number of rotatable bonds is 20. The number of hydrogen-bond acceptors (Lipinski definition) is 3. The third kappa shape index (κ3) is 12.0. The van der Waals surface area contributed by atoms with Gasteiger partial charge in [-0.3, -0.25) is 0 Å². The Kier molecular flexibility index (Phi) is 15.1. The minimum Gasteiger partial charge on any atom is -0.490 e. The molecule has 0 fully saturated rings. The van der Waals surface area contributed by atoms with Gasteiger partial charge in [0.1, 0.15) is 12.3 Å². The molecule has 0 radical (unpaired) electrons. The van der Waals surface area contributed by atoms with Gasteiger partial charge in [-0.1, -0.05) is 114 Å². The van der Waals surface area contributed by atoms with E-state index in [9.17, 15) is 4.79 Å². The molecule has 0 aromatic heterocycles. The second kappa shape index (κ2) is 18.0. The Morgan fingerprint density at radius 3 is 2.08 bits per heavy atom. The molecular weight excluding hydrogens is 470 g/mol. The van der Waals surface area contributed by atoms with E-state index in [0.29, 0.717) is 17.5 Å². The smallest absolute Gasteiger partial charge is 0.364 e. The van der Waals surface area contributed by atoms with Crippen molar-refractivity contribution >= 4 is 5.97 Å². The minimum absolute atomic E-state index is 0.0148. The number of likely N-dealkylation sites (N-methyl/N-ethyl adjacent to an activating group) is 1. The lowest BCUT2D eigenvalue weighted by molar-refractivity contribution is -0.919. The summed E-state index contributed by atoms with van der Waals surface area (Å²) in [6, 6.07) is 18.6. The predicted octanol–water partition coefficient (Wildman–Crippen LogP) is 8.52. The number of esters is 1. The summed E-state index contributed by atoms with van der Waals surface area (Å²) in [5, 5.41) is 0. The Hall–Kier alpha value is -2.33. The molecule has 0 bridgehead atoms. The van der Waals surface area contributed by atoms with Crippen LogP contribution in [0.1, 0.15) is 103 Å². The van der Waals surface area contributed by atoms with Gasteiger partial charge in [-0.25, -0.2) is 4.79 Å². The molecule has 0 spiro atoms. The average Bonchev–Trinajstić information content (AvgIpc) is 2.89. The van der Waals surface area contributed by atoms with Gasteiger partial charge in [0, 0.05) is 18.4 Å². The van der Waals surface area contributed by atoms with Crippen molar-refractivity contribution in [3.63, 3.8) is 0 Å². The van der Waals surface area contributed by atoms with Crippen molar-refractivity contribution in [1.29, 1.82) is 0 Å². The number of carbonyl (C=O) groups is 1. The maximum atomic E-state index is 13.0. The van der Waals surface area contributed by atoms with Gasteiger partial charge in [-0.15, -0.1) is 0 Å². The van der Waals surface area contributed by atoms with E-state index >= 15 is 0 Å². The Morgan fingerprint density at radius 2 is 1.42 bits per heavy atom. The van der Waals surface area contributed by atoms with E-state index in [-0.39, 0.29) is 18.1 Å². The van der Waals surface area contributed by atoms with Crippen molar-refractivity contribution in [1.82, 2.24) is 0 Å². The summed E-state index contributed by atoms with van der Waals surface area (Å²) in [6.07, 6.45) is 14.5.